The molecule has 1 unspecified atom stereocenters. The molecule has 0 aliphatic rings. The van der Waals surface area contributed by atoms with Crippen LogP contribution in [0.2, 0.25) is 5.02 Å². The summed E-state index contributed by atoms with van der Waals surface area (Å²) in [5.41, 5.74) is 1.71. The van der Waals surface area contributed by atoms with Crippen molar-refractivity contribution in [3.8, 4) is 0 Å². The SMILES string of the molecule is CC(CNC(=O)CCNC(=O)c1ccc(Cl)cc1)c1ccccc1. The van der Waals surface area contributed by atoms with Crippen LogP contribution in [0.4, 0.5) is 0 Å². The molecule has 2 aromatic carbocycles. The predicted molar refractivity (Wildman–Crippen MR) is 96.3 cm³/mol. The average molecular weight is 345 g/mol. The van der Waals surface area contributed by atoms with Crippen molar-refractivity contribution in [2.75, 3.05) is 13.1 Å². The second-order valence-corrected chi connectivity index (χ2v) is 6.07. The Labute approximate surface area is 147 Å². The van der Waals surface area contributed by atoms with Crippen molar-refractivity contribution in [2.24, 2.45) is 0 Å². The first kappa shape index (κ1) is 18.0. The van der Waals surface area contributed by atoms with E-state index in [0.29, 0.717) is 23.7 Å². The van der Waals surface area contributed by atoms with Crippen molar-refractivity contribution in [1.29, 1.82) is 0 Å². The molecule has 2 amide bonds. The maximum Gasteiger partial charge on any atom is 0.251 e. The van der Waals surface area contributed by atoms with Gasteiger partial charge < -0.3 is 10.6 Å². The number of rotatable bonds is 7. The van der Waals surface area contributed by atoms with Gasteiger partial charge in [-0.25, -0.2) is 0 Å². The molecule has 0 aliphatic carbocycles. The van der Waals surface area contributed by atoms with Gasteiger partial charge in [-0.1, -0.05) is 48.9 Å². The molecule has 0 aliphatic heterocycles. The zero-order valence-corrected chi connectivity index (χ0v) is 14.3. The molecule has 5 heteroatoms. The highest BCUT2D eigenvalue weighted by Gasteiger charge is 2.09. The highest BCUT2D eigenvalue weighted by atomic mass is 35.5. The molecule has 0 radical (unpaired) electrons. The zero-order chi connectivity index (χ0) is 17.4. The number of amides is 2. The van der Waals surface area contributed by atoms with E-state index < -0.39 is 0 Å². The Balaban J connectivity index is 1.68. The van der Waals surface area contributed by atoms with E-state index in [1.807, 2.05) is 30.3 Å². The third kappa shape index (κ3) is 5.70. The molecule has 1 atom stereocenters. The summed E-state index contributed by atoms with van der Waals surface area (Å²) >= 11 is 5.78. The van der Waals surface area contributed by atoms with E-state index in [9.17, 15) is 9.59 Å². The maximum atomic E-state index is 11.9. The van der Waals surface area contributed by atoms with E-state index in [2.05, 4.69) is 17.6 Å². The Bertz CT molecular complexity index is 672. The van der Waals surface area contributed by atoms with Crippen molar-refractivity contribution in [3.05, 3.63) is 70.7 Å². The summed E-state index contributed by atoms with van der Waals surface area (Å²) in [5, 5.41) is 6.20. The molecule has 2 rings (SSSR count). The summed E-state index contributed by atoms with van der Waals surface area (Å²) in [6.07, 6.45) is 0.251. The van der Waals surface area contributed by atoms with Crippen LogP contribution < -0.4 is 10.6 Å². The van der Waals surface area contributed by atoms with Crippen LogP contribution in [0.1, 0.15) is 35.2 Å². The van der Waals surface area contributed by atoms with Gasteiger partial charge >= 0.3 is 0 Å². The van der Waals surface area contributed by atoms with E-state index in [4.69, 9.17) is 11.6 Å². The lowest BCUT2D eigenvalue weighted by Gasteiger charge is -2.13. The standard InChI is InChI=1S/C19H21ClN2O2/c1-14(15-5-3-2-4-6-15)13-22-18(23)11-12-21-19(24)16-7-9-17(20)10-8-16/h2-10,14H,11-13H2,1H3,(H,21,24)(H,22,23). The molecule has 0 spiro atoms. The number of benzene rings is 2. The van der Waals surface area contributed by atoms with Crippen LogP contribution in [0.25, 0.3) is 0 Å². The van der Waals surface area contributed by atoms with Gasteiger partial charge in [-0.15, -0.1) is 0 Å². The molecule has 0 heterocycles. The largest absolute Gasteiger partial charge is 0.355 e. The van der Waals surface area contributed by atoms with Gasteiger partial charge in [-0.05, 0) is 35.7 Å². The van der Waals surface area contributed by atoms with Gasteiger partial charge in [0, 0.05) is 30.1 Å². The Kier molecular flexibility index (Phi) is 6.82. The van der Waals surface area contributed by atoms with Gasteiger partial charge in [-0.2, -0.15) is 0 Å². The lowest BCUT2D eigenvalue weighted by Crippen LogP contribution is -2.32. The molecule has 2 aromatic rings. The molecule has 2 N–H and O–H groups in total. The van der Waals surface area contributed by atoms with Gasteiger partial charge in [0.15, 0.2) is 0 Å². The summed E-state index contributed by atoms with van der Waals surface area (Å²) in [5.74, 6) is -0.0369. The summed E-state index contributed by atoms with van der Waals surface area (Å²) in [7, 11) is 0. The van der Waals surface area contributed by atoms with Crippen molar-refractivity contribution in [2.45, 2.75) is 19.3 Å². The Hall–Kier alpha value is -2.33. The minimum Gasteiger partial charge on any atom is -0.355 e. The minimum atomic E-state index is -0.211. The van der Waals surface area contributed by atoms with Gasteiger partial charge in [0.25, 0.3) is 5.91 Å². The Morgan fingerprint density at radius 3 is 2.33 bits per heavy atom. The minimum absolute atomic E-state index is 0.0748. The van der Waals surface area contributed by atoms with Gasteiger partial charge in [0.2, 0.25) is 5.91 Å². The number of carbonyl (C=O) groups excluding carboxylic acids is 2. The highest BCUT2D eigenvalue weighted by molar-refractivity contribution is 6.30. The number of nitrogens with one attached hydrogen (secondary N) is 2. The van der Waals surface area contributed by atoms with Crippen LogP contribution in [-0.2, 0) is 4.79 Å². The van der Waals surface area contributed by atoms with Crippen LogP contribution >= 0.6 is 11.6 Å². The van der Waals surface area contributed by atoms with E-state index in [0.717, 1.165) is 0 Å². The molecular weight excluding hydrogens is 324 g/mol. The third-order valence-corrected chi connectivity index (χ3v) is 3.97. The molecule has 0 saturated carbocycles. The van der Waals surface area contributed by atoms with Gasteiger partial charge in [-0.3, -0.25) is 9.59 Å². The summed E-state index contributed by atoms with van der Waals surface area (Å²) in [4.78, 5) is 23.8. The monoisotopic (exact) mass is 344 g/mol. The van der Waals surface area contributed by atoms with Crippen LogP contribution in [0.3, 0.4) is 0 Å². The fraction of sp³-hybridized carbons (Fsp3) is 0.263. The smallest absolute Gasteiger partial charge is 0.251 e. The van der Waals surface area contributed by atoms with Crippen LogP contribution in [0.15, 0.2) is 54.6 Å². The molecule has 0 saturated heterocycles. The maximum absolute atomic E-state index is 11.9. The summed E-state index contributed by atoms with van der Waals surface area (Å²) in [6, 6.07) is 16.7. The van der Waals surface area contributed by atoms with E-state index in [1.165, 1.54) is 5.56 Å². The van der Waals surface area contributed by atoms with E-state index in [1.54, 1.807) is 24.3 Å². The molecule has 126 valence electrons. The summed E-state index contributed by atoms with van der Waals surface area (Å²) < 4.78 is 0. The number of halogens is 1. The van der Waals surface area contributed by atoms with Crippen LogP contribution in [0, 0.1) is 0 Å². The van der Waals surface area contributed by atoms with E-state index >= 15 is 0 Å². The topological polar surface area (TPSA) is 58.2 Å². The highest BCUT2D eigenvalue weighted by Crippen LogP contribution is 2.13. The first-order valence-corrected chi connectivity index (χ1v) is 8.29. The molecule has 0 bridgehead atoms. The molecule has 4 nitrogen and oxygen atoms in total. The zero-order valence-electron chi connectivity index (χ0n) is 13.6. The van der Waals surface area contributed by atoms with Gasteiger partial charge in [0.1, 0.15) is 0 Å². The quantitative estimate of drug-likeness (QED) is 0.809. The first-order chi connectivity index (χ1) is 11.6. The fourth-order valence-corrected chi connectivity index (χ4v) is 2.37. The number of hydrogen-bond acceptors (Lipinski definition) is 2. The normalized spacial score (nSPS) is 11.6. The van der Waals surface area contributed by atoms with Crippen LogP contribution in [-0.4, -0.2) is 24.9 Å². The number of hydrogen-bond donors (Lipinski definition) is 2. The van der Waals surface area contributed by atoms with Crippen molar-refractivity contribution in [1.82, 2.24) is 10.6 Å². The van der Waals surface area contributed by atoms with Crippen LogP contribution in [0.5, 0.6) is 0 Å². The Morgan fingerprint density at radius 1 is 1.00 bits per heavy atom. The first-order valence-electron chi connectivity index (χ1n) is 7.91. The summed E-state index contributed by atoms with van der Waals surface area (Å²) in [6.45, 7) is 2.94. The van der Waals surface area contributed by atoms with Crippen molar-refractivity contribution in [3.63, 3.8) is 0 Å². The predicted octanol–water partition coefficient (Wildman–Crippen LogP) is 3.38. The van der Waals surface area contributed by atoms with Gasteiger partial charge in [0.05, 0.1) is 0 Å². The molecule has 24 heavy (non-hydrogen) atoms. The lowest BCUT2D eigenvalue weighted by atomic mass is 10.0. The second-order valence-electron chi connectivity index (χ2n) is 5.63. The molecule has 0 fully saturated rings. The number of carbonyl (C=O) groups is 2. The third-order valence-electron chi connectivity index (χ3n) is 3.72. The average Bonchev–Trinajstić information content (AvgIpc) is 2.61. The second kappa shape index (κ2) is 9.08. The van der Waals surface area contributed by atoms with E-state index in [-0.39, 0.29) is 24.2 Å². The lowest BCUT2D eigenvalue weighted by molar-refractivity contribution is -0.121. The fourth-order valence-electron chi connectivity index (χ4n) is 2.25. The Morgan fingerprint density at radius 2 is 1.67 bits per heavy atom. The van der Waals surface area contributed by atoms with Crippen molar-refractivity contribution >= 4 is 23.4 Å². The molecular formula is C19H21ClN2O2. The molecule has 0 aromatic heterocycles. The van der Waals surface area contributed by atoms with Crippen molar-refractivity contribution < 1.29 is 9.59 Å².